The van der Waals surface area contributed by atoms with Crippen LogP contribution in [0.3, 0.4) is 0 Å². The molecular weight excluding hydrogens is 396 g/mol. The molecule has 0 bridgehead atoms. The summed E-state index contributed by atoms with van der Waals surface area (Å²) in [6.07, 6.45) is -5.13. The summed E-state index contributed by atoms with van der Waals surface area (Å²) in [5.74, 6) is 0.228. The van der Waals surface area contributed by atoms with Gasteiger partial charge in [0.2, 0.25) is 5.75 Å². The van der Waals surface area contributed by atoms with Crippen LogP contribution in [0.25, 0.3) is 0 Å². The van der Waals surface area contributed by atoms with E-state index >= 15 is 0 Å². The molecule has 5 nitrogen and oxygen atoms in total. The lowest BCUT2D eigenvalue weighted by molar-refractivity contribution is -0.138. The van der Waals surface area contributed by atoms with Gasteiger partial charge in [0.25, 0.3) is 0 Å². The van der Waals surface area contributed by atoms with Crippen molar-refractivity contribution in [2.24, 2.45) is 0 Å². The molecule has 10 heteroatoms. The number of rotatable bonds is 6. The van der Waals surface area contributed by atoms with Crippen molar-refractivity contribution in [3.05, 3.63) is 17.7 Å². The molecule has 2 N–H and O–H groups in total. The normalized spacial score (nSPS) is 16.2. The fraction of sp³-hybridized carbons (Fsp3) is 0.625. The highest BCUT2D eigenvalue weighted by Crippen LogP contribution is 2.41. The van der Waals surface area contributed by atoms with Crippen LogP contribution < -0.4 is 14.8 Å². The predicted octanol–water partition coefficient (Wildman–Crippen LogP) is 3.54. The lowest BCUT2D eigenvalue weighted by atomic mass is 9.98. The Hall–Kier alpha value is -1.09. The van der Waals surface area contributed by atoms with E-state index in [1.807, 2.05) is 4.90 Å². The Balaban J connectivity index is 0.00000312. The predicted molar refractivity (Wildman–Crippen MR) is 98.2 cm³/mol. The lowest BCUT2D eigenvalue weighted by Crippen LogP contribution is -2.45. The van der Waals surface area contributed by atoms with Crippen LogP contribution in [-0.2, 0) is 0 Å². The second kappa shape index (κ2) is 10.9. The number of phenols is 1. The van der Waals surface area contributed by atoms with Gasteiger partial charge in [0, 0.05) is 38.6 Å². The summed E-state index contributed by atoms with van der Waals surface area (Å²) in [4.78, 5) is 2.02. The SMILES string of the molecule is COc1cc([C@H](CCC(F)(F)F)N2CCNCC2)cc(OC)c1O.Cl.Cl. The van der Waals surface area contributed by atoms with Crippen LogP contribution in [0.5, 0.6) is 17.2 Å². The molecule has 0 radical (unpaired) electrons. The third kappa shape index (κ3) is 6.57. The van der Waals surface area contributed by atoms with Gasteiger partial charge in [-0.25, -0.2) is 0 Å². The van der Waals surface area contributed by atoms with Gasteiger partial charge in [-0.2, -0.15) is 13.2 Å². The largest absolute Gasteiger partial charge is 0.502 e. The molecule has 1 atom stereocenters. The van der Waals surface area contributed by atoms with Crippen molar-refractivity contribution in [3.63, 3.8) is 0 Å². The van der Waals surface area contributed by atoms with Crippen molar-refractivity contribution < 1.29 is 27.8 Å². The molecule has 0 saturated carbocycles. The van der Waals surface area contributed by atoms with Crippen LogP contribution in [0.2, 0.25) is 0 Å². The maximum Gasteiger partial charge on any atom is 0.389 e. The van der Waals surface area contributed by atoms with Gasteiger partial charge in [-0.15, -0.1) is 24.8 Å². The molecule has 152 valence electrons. The average Bonchev–Trinajstić information content (AvgIpc) is 2.56. The Labute approximate surface area is 163 Å². The number of hydrogen-bond donors (Lipinski definition) is 2. The molecular formula is C16H25Cl2F3N2O3. The van der Waals surface area contributed by atoms with E-state index in [2.05, 4.69) is 5.32 Å². The summed E-state index contributed by atoms with van der Waals surface area (Å²) >= 11 is 0. The van der Waals surface area contributed by atoms with Crippen LogP contribution in [0.4, 0.5) is 13.2 Å². The maximum atomic E-state index is 12.7. The highest BCUT2D eigenvalue weighted by molar-refractivity contribution is 5.85. The van der Waals surface area contributed by atoms with Crippen molar-refractivity contribution in [1.29, 1.82) is 0 Å². The van der Waals surface area contributed by atoms with E-state index in [0.717, 1.165) is 13.1 Å². The first-order valence-electron chi connectivity index (χ1n) is 7.82. The van der Waals surface area contributed by atoms with Gasteiger partial charge < -0.3 is 19.9 Å². The Kier molecular flexibility index (Phi) is 10.5. The van der Waals surface area contributed by atoms with E-state index in [-0.39, 0.29) is 48.5 Å². The first kappa shape index (κ1) is 24.9. The number of ether oxygens (including phenoxy) is 2. The monoisotopic (exact) mass is 420 g/mol. The van der Waals surface area contributed by atoms with E-state index in [0.29, 0.717) is 18.7 Å². The first-order chi connectivity index (χ1) is 11.4. The van der Waals surface area contributed by atoms with Gasteiger partial charge in [0.15, 0.2) is 11.5 Å². The van der Waals surface area contributed by atoms with Crippen molar-refractivity contribution in [2.45, 2.75) is 25.1 Å². The number of alkyl halides is 3. The van der Waals surface area contributed by atoms with Crippen molar-refractivity contribution in [3.8, 4) is 17.2 Å². The Morgan fingerprint density at radius 3 is 2.04 bits per heavy atom. The number of hydrogen-bond acceptors (Lipinski definition) is 5. The number of nitrogens with zero attached hydrogens (tertiary/aromatic N) is 1. The Bertz CT molecular complexity index is 531. The third-order valence-corrected chi connectivity index (χ3v) is 4.18. The van der Waals surface area contributed by atoms with Gasteiger partial charge in [0.05, 0.1) is 14.2 Å². The number of halogens is 5. The fourth-order valence-corrected chi connectivity index (χ4v) is 2.96. The number of phenolic OH excluding ortho intramolecular Hbond substituents is 1. The van der Waals surface area contributed by atoms with Gasteiger partial charge in [0.1, 0.15) is 0 Å². The van der Waals surface area contributed by atoms with E-state index in [4.69, 9.17) is 9.47 Å². The summed E-state index contributed by atoms with van der Waals surface area (Å²) in [7, 11) is 2.79. The van der Waals surface area contributed by atoms with E-state index < -0.39 is 18.6 Å². The molecule has 1 fully saturated rings. The minimum Gasteiger partial charge on any atom is -0.502 e. The van der Waals surface area contributed by atoms with Gasteiger partial charge in [-0.3, -0.25) is 4.90 Å². The number of aromatic hydroxyl groups is 1. The molecule has 0 amide bonds. The summed E-state index contributed by atoms with van der Waals surface area (Å²) in [5.41, 5.74) is 0.646. The highest BCUT2D eigenvalue weighted by Gasteiger charge is 2.32. The number of piperazine rings is 1. The Morgan fingerprint density at radius 1 is 1.12 bits per heavy atom. The van der Waals surface area contributed by atoms with Crippen molar-refractivity contribution >= 4 is 24.8 Å². The molecule has 1 saturated heterocycles. The molecule has 1 aliphatic rings. The van der Waals surface area contributed by atoms with Crippen LogP contribution >= 0.6 is 24.8 Å². The van der Waals surface area contributed by atoms with Crippen LogP contribution in [0, 0.1) is 0 Å². The maximum absolute atomic E-state index is 12.7. The molecule has 0 aliphatic carbocycles. The quantitative estimate of drug-likeness (QED) is 0.736. The van der Waals surface area contributed by atoms with E-state index in [1.165, 1.54) is 14.2 Å². The van der Waals surface area contributed by atoms with Crippen molar-refractivity contribution in [1.82, 2.24) is 10.2 Å². The lowest BCUT2D eigenvalue weighted by Gasteiger charge is -2.35. The number of benzene rings is 1. The van der Waals surface area contributed by atoms with Gasteiger partial charge in [-0.1, -0.05) is 0 Å². The first-order valence-corrected chi connectivity index (χ1v) is 7.82. The third-order valence-electron chi connectivity index (χ3n) is 4.18. The van der Waals surface area contributed by atoms with Crippen LogP contribution in [-0.4, -0.2) is 56.6 Å². The van der Waals surface area contributed by atoms with E-state index in [1.54, 1.807) is 12.1 Å². The molecule has 1 heterocycles. The molecule has 1 aromatic rings. The summed E-state index contributed by atoms with van der Waals surface area (Å²) in [6.45, 7) is 2.78. The molecule has 0 unspecified atom stereocenters. The second-order valence-electron chi connectivity index (χ2n) is 5.73. The minimum absolute atomic E-state index is 0. The average molecular weight is 421 g/mol. The second-order valence-corrected chi connectivity index (χ2v) is 5.73. The molecule has 1 aliphatic heterocycles. The smallest absolute Gasteiger partial charge is 0.389 e. The summed E-state index contributed by atoms with van der Waals surface area (Å²) in [6, 6.07) is 2.75. The number of nitrogens with one attached hydrogen (secondary N) is 1. The Morgan fingerprint density at radius 2 is 1.62 bits per heavy atom. The van der Waals surface area contributed by atoms with Crippen LogP contribution in [0.1, 0.15) is 24.4 Å². The zero-order valence-corrected chi connectivity index (χ0v) is 16.3. The molecule has 1 aromatic carbocycles. The van der Waals surface area contributed by atoms with Crippen molar-refractivity contribution in [2.75, 3.05) is 40.4 Å². The highest BCUT2D eigenvalue weighted by atomic mass is 35.5. The molecule has 0 spiro atoms. The standard InChI is InChI=1S/C16H23F3N2O3.2ClH/c1-23-13-9-11(10-14(24-2)15(13)22)12(3-4-16(17,18)19)21-7-5-20-6-8-21;;/h9-10,12,20,22H,3-8H2,1-2H3;2*1H/t12-;;/m0../s1. The zero-order valence-electron chi connectivity index (χ0n) is 14.6. The summed E-state index contributed by atoms with van der Waals surface area (Å²) < 4.78 is 48.5. The molecule has 26 heavy (non-hydrogen) atoms. The van der Waals surface area contributed by atoms with Gasteiger partial charge >= 0.3 is 6.18 Å². The minimum atomic E-state index is -4.21. The molecule has 0 aromatic heterocycles. The topological polar surface area (TPSA) is 54.0 Å². The van der Waals surface area contributed by atoms with Gasteiger partial charge in [-0.05, 0) is 24.1 Å². The van der Waals surface area contributed by atoms with E-state index in [9.17, 15) is 18.3 Å². The summed E-state index contributed by atoms with van der Waals surface area (Å²) in [5, 5.41) is 13.2. The fourth-order valence-electron chi connectivity index (χ4n) is 2.96. The number of methoxy groups -OCH3 is 2. The zero-order chi connectivity index (χ0) is 17.7. The van der Waals surface area contributed by atoms with Crippen LogP contribution in [0.15, 0.2) is 12.1 Å². The molecule has 2 rings (SSSR count).